The van der Waals surface area contributed by atoms with E-state index in [1.165, 1.54) is 32.1 Å². The summed E-state index contributed by atoms with van der Waals surface area (Å²) >= 11 is 0. The molecule has 1 saturated carbocycles. The molecule has 108 valence electrons. The molecule has 4 nitrogen and oxygen atoms in total. The average molecular weight is 266 g/mol. The van der Waals surface area contributed by atoms with E-state index in [4.69, 9.17) is 4.74 Å². The Kier molecular flexibility index (Phi) is 3.96. The number of ether oxygens (including phenoxy) is 1. The van der Waals surface area contributed by atoms with Crippen LogP contribution in [0.15, 0.2) is 0 Å². The van der Waals surface area contributed by atoms with Crippen molar-refractivity contribution in [2.24, 2.45) is 5.92 Å². The number of cyclic esters (lactones) is 1. The first-order valence-electron chi connectivity index (χ1n) is 7.93. The number of hydrogen-bond donors (Lipinski definition) is 0. The topological polar surface area (TPSA) is 32.8 Å². The fraction of sp³-hybridized carbons (Fsp3) is 0.933. The van der Waals surface area contributed by atoms with Crippen molar-refractivity contribution < 1.29 is 9.53 Å². The number of rotatable bonds is 4. The molecule has 3 fully saturated rings. The molecule has 0 aromatic heterocycles. The number of nitrogens with zero attached hydrogens (tertiary/aromatic N) is 2. The number of amides is 1. The van der Waals surface area contributed by atoms with E-state index in [0.717, 1.165) is 44.1 Å². The first-order chi connectivity index (χ1) is 9.25. The predicted octanol–water partition coefficient (Wildman–Crippen LogP) is 2.48. The normalized spacial score (nSPS) is 35.5. The molecule has 0 unspecified atom stereocenters. The summed E-state index contributed by atoms with van der Waals surface area (Å²) in [5.74, 6) is 0.945. The average Bonchev–Trinajstić information content (AvgIpc) is 2.94. The first kappa shape index (κ1) is 13.2. The van der Waals surface area contributed by atoms with Gasteiger partial charge >= 0.3 is 6.09 Å². The molecule has 19 heavy (non-hydrogen) atoms. The van der Waals surface area contributed by atoms with Gasteiger partial charge in [-0.15, -0.1) is 0 Å². The highest BCUT2D eigenvalue weighted by Gasteiger charge is 2.39. The SMILES string of the molecule is C[C@@H]1C[C@H]2CCCC[C@@H]2N1CCCN1CCOC1=O. The Labute approximate surface area is 116 Å². The monoisotopic (exact) mass is 266 g/mol. The van der Waals surface area contributed by atoms with Gasteiger partial charge in [-0.3, -0.25) is 4.90 Å². The van der Waals surface area contributed by atoms with Crippen molar-refractivity contribution in [3.63, 3.8) is 0 Å². The third-order valence-electron chi connectivity index (χ3n) is 5.19. The quantitative estimate of drug-likeness (QED) is 0.783. The Bertz CT molecular complexity index is 334. The van der Waals surface area contributed by atoms with Gasteiger partial charge in [-0.1, -0.05) is 12.8 Å². The Morgan fingerprint density at radius 2 is 2.11 bits per heavy atom. The first-order valence-corrected chi connectivity index (χ1v) is 7.93. The molecule has 0 radical (unpaired) electrons. The van der Waals surface area contributed by atoms with E-state index in [9.17, 15) is 4.79 Å². The van der Waals surface area contributed by atoms with Crippen molar-refractivity contribution in [2.45, 2.75) is 57.5 Å². The van der Waals surface area contributed by atoms with Gasteiger partial charge in [-0.25, -0.2) is 4.79 Å². The van der Waals surface area contributed by atoms with Crippen LogP contribution in [-0.2, 0) is 4.74 Å². The lowest BCUT2D eigenvalue weighted by atomic mass is 9.85. The smallest absolute Gasteiger partial charge is 0.409 e. The van der Waals surface area contributed by atoms with E-state index in [0.29, 0.717) is 6.61 Å². The summed E-state index contributed by atoms with van der Waals surface area (Å²) < 4.78 is 4.97. The summed E-state index contributed by atoms with van der Waals surface area (Å²) in [7, 11) is 0. The Hall–Kier alpha value is -0.770. The molecular formula is C15H26N2O2. The van der Waals surface area contributed by atoms with E-state index in [1.807, 2.05) is 4.90 Å². The van der Waals surface area contributed by atoms with E-state index in [2.05, 4.69) is 11.8 Å². The van der Waals surface area contributed by atoms with Crippen LogP contribution in [0.1, 0.15) is 45.4 Å². The van der Waals surface area contributed by atoms with Gasteiger partial charge in [0, 0.05) is 25.2 Å². The maximum atomic E-state index is 11.4. The molecule has 0 spiro atoms. The van der Waals surface area contributed by atoms with Gasteiger partial charge in [0.15, 0.2) is 0 Å². The van der Waals surface area contributed by atoms with Crippen molar-refractivity contribution in [1.29, 1.82) is 0 Å². The zero-order chi connectivity index (χ0) is 13.2. The number of fused-ring (bicyclic) bond motifs is 1. The predicted molar refractivity (Wildman–Crippen MR) is 74.1 cm³/mol. The van der Waals surface area contributed by atoms with Gasteiger partial charge < -0.3 is 9.64 Å². The van der Waals surface area contributed by atoms with Gasteiger partial charge in [-0.05, 0) is 38.5 Å². The minimum absolute atomic E-state index is 0.120. The summed E-state index contributed by atoms with van der Waals surface area (Å²) in [5.41, 5.74) is 0. The molecule has 4 heteroatoms. The van der Waals surface area contributed by atoms with Crippen LogP contribution < -0.4 is 0 Å². The molecule has 1 aliphatic carbocycles. The summed E-state index contributed by atoms with van der Waals surface area (Å²) in [5, 5.41) is 0. The van der Waals surface area contributed by atoms with Crippen molar-refractivity contribution >= 4 is 6.09 Å². The lowest BCUT2D eigenvalue weighted by Gasteiger charge is -2.33. The molecule has 0 aromatic carbocycles. The summed E-state index contributed by atoms with van der Waals surface area (Å²) in [6.07, 6.45) is 8.01. The van der Waals surface area contributed by atoms with Gasteiger partial charge in [0.25, 0.3) is 0 Å². The van der Waals surface area contributed by atoms with E-state index in [1.54, 1.807) is 0 Å². The highest BCUT2D eigenvalue weighted by atomic mass is 16.6. The Morgan fingerprint density at radius 3 is 2.89 bits per heavy atom. The molecule has 2 aliphatic heterocycles. The second kappa shape index (κ2) is 5.70. The summed E-state index contributed by atoms with van der Waals surface area (Å²) in [6, 6.07) is 1.56. The van der Waals surface area contributed by atoms with E-state index in [-0.39, 0.29) is 6.09 Å². The van der Waals surface area contributed by atoms with Crippen LogP contribution in [0.25, 0.3) is 0 Å². The van der Waals surface area contributed by atoms with Crippen LogP contribution in [0, 0.1) is 5.92 Å². The molecule has 3 aliphatic rings. The van der Waals surface area contributed by atoms with Gasteiger partial charge in [0.2, 0.25) is 0 Å². The van der Waals surface area contributed by atoms with Gasteiger partial charge in [0.05, 0.1) is 6.54 Å². The van der Waals surface area contributed by atoms with Crippen molar-refractivity contribution in [3.05, 3.63) is 0 Å². The largest absolute Gasteiger partial charge is 0.448 e. The highest BCUT2D eigenvalue weighted by Crippen LogP contribution is 2.39. The number of likely N-dealkylation sites (tertiary alicyclic amines) is 1. The fourth-order valence-corrected chi connectivity index (χ4v) is 4.26. The van der Waals surface area contributed by atoms with Crippen LogP contribution in [0.4, 0.5) is 4.79 Å². The summed E-state index contributed by atoms with van der Waals surface area (Å²) in [6.45, 7) is 5.73. The molecule has 0 N–H and O–H groups in total. The second-order valence-electron chi connectivity index (χ2n) is 6.39. The molecule has 2 saturated heterocycles. The molecule has 2 heterocycles. The Balaban J connectivity index is 1.47. The zero-order valence-corrected chi connectivity index (χ0v) is 12.0. The summed E-state index contributed by atoms with van der Waals surface area (Å²) in [4.78, 5) is 15.9. The Morgan fingerprint density at radius 1 is 1.26 bits per heavy atom. The maximum absolute atomic E-state index is 11.4. The fourth-order valence-electron chi connectivity index (χ4n) is 4.26. The van der Waals surface area contributed by atoms with Crippen molar-refractivity contribution in [2.75, 3.05) is 26.2 Å². The third kappa shape index (κ3) is 2.73. The second-order valence-corrected chi connectivity index (χ2v) is 6.39. The number of hydrogen-bond acceptors (Lipinski definition) is 3. The third-order valence-corrected chi connectivity index (χ3v) is 5.19. The van der Waals surface area contributed by atoms with Crippen LogP contribution in [0.2, 0.25) is 0 Å². The lowest BCUT2D eigenvalue weighted by molar-refractivity contribution is 0.142. The van der Waals surface area contributed by atoms with Crippen LogP contribution in [0.3, 0.4) is 0 Å². The molecule has 1 amide bonds. The lowest BCUT2D eigenvalue weighted by Crippen LogP contribution is -2.39. The molecular weight excluding hydrogens is 240 g/mol. The zero-order valence-electron chi connectivity index (χ0n) is 12.0. The van der Waals surface area contributed by atoms with Crippen LogP contribution in [0.5, 0.6) is 0 Å². The van der Waals surface area contributed by atoms with E-state index >= 15 is 0 Å². The molecule has 0 bridgehead atoms. The number of carbonyl (C=O) groups is 1. The van der Waals surface area contributed by atoms with Crippen LogP contribution in [-0.4, -0.2) is 54.2 Å². The molecule has 0 aromatic rings. The maximum Gasteiger partial charge on any atom is 0.409 e. The van der Waals surface area contributed by atoms with E-state index < -0.39 is 0 Å². The molecule has 3 rings (SSSR count). The molecule has 3 atom stereocenters. The minimum Gasteiger partial charge on any atom is -0.448 e. The minimum atomic E-state index is -0.120. The van der Waals surface area contributed by atoms with Gasteiger partial charge in [0.1, 0.15) is 6.61 Å². The highest BCUT2D eigenvalue weighted by molar-refractivity contribution is 5.69. The standard InChI is InChI=1S/C15H26N2O2/c1-12-11-13-5-2-3-6-14(13)17(12)8-4-7-16-9-10-19-15(16)18/h12-14H,2-11H2,1H3/t12-,13-,14+/m1/s1. The van der Waals surface area contributed by atoms with Crippen molar-refractivity contribution in [1.82, 2.24) is 9.80 Å². The van der Waals surface area contributed by atoms with Gasteiger partial charge in [-0.2, -0.15) is 0 Å². The number of carbonyl (C=O) groups excluding carboxylic acids is 1. The van der Waals surface area contributed by atoms with Crippen LogP contribution >= 0.6 is 0 Å². The van der Waals surface area contributed by atoms with Crippen molar-refractivity contribution in [3.8, 4) is 0 Å².